The van der Waals surface area contributed by atoms with Crippen molar-refractivity contribution in [2.75, 3.05) is 19.0 Å². The van der Waals surface area contributed by atoms with Crippen molar-refractivity contribution >= 4 is 35.2 Å². The van der Waals surface area contributed by atoms with Crippen LogP contribution in [0.2, 0.25) is 0 Å². The number of benzene rings is 2. The summed E-state index contributed by atoms with van der Waals surface area (Å²) < 4.78 is 12.4. The number of amides is 1. The molecule has 0 aliphatic rings. The number of aromatic nitrogens is 2. The highest BCUT2D eigenvalue weighted by molar-refractivity contribution is 8.01. The van der Waals surface area contributed by atoms with Crippen molar-refractivity contribution in [3.63, 3.8) is 0 Å². The second-order valence-electron chi connectivity index (χ2n) is 8.18. The first-order chi connectivity index (χ1) is 15.8. The lowest BCUT2D eigenvalue weighted by molar-refractivity contribution is -0.118. The number of aryl methyl sites for hydroxylation is 1. The normalized spacial score (nSPS) is 11.5. The van der Waals surface area contributed by atoms with Crippen LogP contribution in [0.3, 0.4) is 0 Å². The zero-order chi connectivity index (χ0) is 23.7. The smallest absolute Gasteiger partial charge is 0.250 e. The molecule has 7 nitrogen and oxygen atoms in total. The van der Waals surface area contributed by atoms with E-state index in [1.807, 2.05) is 43.3 Å². The Morgan fingerprint density at radius 2 is 1.82 bits per heavy atom. The number of hydrazone groups is 1. The summed E-state index contributed by atoms with van der Waals surface area (Å²) >= 11 is 2.79. The van der Waals surface area contributed by atoms with Crippen LogP contribution in [0.15, 0.2) is 58.0 Å². The maximum Gasteiger partial charge on any atom is 0.250 e. The van der Waals surface area contributed by atoms with Crippen LogP contribution in [0.25, 0.3) is 0 Å². The lowest BCUT2D eigenvalue weighted by Crippen LogP contribution is -2.19. The summed E-state index contributed by atoms with van der Waals surface area (Å²) in [6, 6.07) is 15.6. The molecule has 0 aliphatic heterocycles. The maximum atomic E-state index is 12.0. The van der Waals surface area contributed by atoms with Crippen molar-refractivity contribution < 1.29 is 14.3 Å². The number of nitrogens with one attached hydrogen (secondary N) is 1. The molecule has 1 aromatic heterocycles. The Bertz CT molecular complexity index is 1080. The van der Waals surface area contributed by atoms with Crippen LogP contribution in [0, 0.1) is 6.92 Å². The van der Waals surface area contributed by atoms with E-state index in [9.17, 15) is 4.79 Å². The van der Waals surface area contributed by atoms with Crippen LogP contribution >= 0.6 is 23.1 Å². The van der Waals surface area contributed by atoms with Crippen molar-refractivity contribution in [2.45, 2.75) is 37.4 Å². The molecular formula is C24H28N4O3S2. The van der Waals surface area contributed by atoms with E-state index in [1.165, 1.54) is 28.7 Å². The molecule has 1 heterocycles. The van der Waals surface area contributed by atoms with Gasteiger partial charge in [0, 0.05) is 5.56 Å². The van der Waals surface area contributed by atoms with Gasteiger partial charge in [0.05, 0.1) is 12.0 Å². The number of carbonyl (C=O) groups is 1. The number of thioether (sulfide) groups is 1. The highest BCUT2D eigenvalue weighted by atomic mass is 32.2. The first-order valence-electron chi connectivity index (χ1n) is 10.5. The van der Waals surface area contributed by atoms with Gasteiger partial charge in [-0.15, -0.1) is 10.2 Å². The van der Waals surface area contributed by atoms with Crippen LogP contribution in [0.1, 0.15) is 36.9 Å². The minimum absolute atomic E-state index is 0.114. The summed E-state index contributed by atoms with van der Waals surface area (Å²) in [5.74, 6) is 1.48. The Balaban J connectivity index is 1.43. The Morgan fingerprint density at radius 3 is 2.52 bits per heavy atom. The molecule has 3 aromatic rings. The van der Waals surface area contributed by atoms with Crippen molar-refractivity contribution in [1.29, 1.82) is 0 Å². The topological polar surface area (TPSA) is 85.7 Å². The van der Waals surface area contributed by atoms with Gasteiger partial charge < -0.3 is 9.47 Å². The van der Waals surface area contributed by atoms with E-state index in [2.05, 4.69) is 53.6 Å². The van der Waals surface area contributed by atoms with Gasteiger partial charge in [0.1, 0.15) is 29.7 Å². The fraction of sp³-hybridized carbons (Fsp3) is 0.333. The van der Waals surface area contributed by atoms with Crippen molar-refractivity contribution in [1.82, 2.24) is 15.6 Å². The molecule has 0 atom stereocenters. The molecule has 0 bridgehead atoms. The minimum atomic E-state index is -0.214. The van der Waals surface area contributed by atoms with Gasteiger partial charge >= 0.3 is 0 Å². The lowest BCUT2D eigenvalue weighted by Gasteiger charge is -2.19. The molecule has 0 spiro atoms. The Labute approximate surface area is 202 Å². The molecule has 0 radical (unpaired) electrons. The molecule has 1 N–H and O–H groups in total. The van der Waals surface area contributed by atoms with E-state index in [4.69, 9.17) is 9.47 Å². The molecular weight excluding hydrogens is 456 g/mol. The average Bonchev–Trinajstić information content (AvgIpc) is 3.21. The third kappa shape index (κ3) is 8.18. The van der Waals surface area contributed by atoms with E-state index >= 15 is 0 Å². The fourth-order valence-corrected chi connectivity index (χ4v) is 4.36. The standard InChI is InChI=1S/C24H28N4O3S2/c1-17-26-28-23(33-17)32-16-22(29)27-25-15-18-7-5-6-8-21(18)31-14-13-30-20-11-9-19(10-12-20)24(2,3)4/h5-12,15H,13-14,16H2,1-4H3,(H,27,29)/b25-15+. The molecule has 0 aliphatic carbocycles. The van der Waals surface area contributed by atoms with Crippen LogP contribution in [0.4, 0.5) is 0 Å². The quantitative estimate of drug-likeness (QED) is 0.192. The maximum absolute atomic E-state index is 12.0. The second kappa shape index (κ2) is 11.8. The molecule has 0 fully saturated rings. The van der Waals surface area contributed by atoms with E-state index in [0.29, 0.717) is 19.0 Å². The Morgan fingerprint density at radius 1 is 1.09 bits per heavy atom. The molecule has 33 heavy (non-hydrogen) atoms. The number of ether oxygens (including phenoxy) is 2. The number of rotatable bonds is 10. The van der Waals surface area contributed by atoms with E-state index in [1.54, 1.807) is 6.21 Å². The van der Waals surface area contributed by atoms with Crippen LogP contribution in [-0.2, 0) is 10.2 Å². The van der Waals surface area contributed by atoms with Crippen molar-refractivity contribution in [2.24, 2.45) is 5.10 Å². The van der Waals surface area contributed by atoms with Crippen molar-refractivity contribution in [3.05, 3.63) is 64.7 Å². The third-order valence-electron chi connectivity index (χ3n) is 4.48. The van der Waals surface area contributed by atoms with Gasteiger partial charge in [-0.1, -0.05) is 68.1 Å². The van der Waals surface area contributed by atoms with Gasteiger partial charge in [0.15, 0.2) is 4.34 Å². The highest BCUT2D eigenvalue weighted by Crippen LogP contribution is 2.24. The van der Waals surface area contributed by atoms with Crippen LogP contribution in [-0.4, -0.2) is 41.3 Å². The van der Waals surface area contributed by atoms with Gasteiger partial charge in [0.2, 0.25) is 0 Å². The van der Waals surface area contributed by atoms with Crippen LogP contribution < -0.4 is 14.9 Å². The highest BCUT2D eigenvalue weighted by Gasteiger charge is 2.13. The number of carbonyl (C=O) groups excluding carboxylic acids is 1. The molecule has 2 aromatic carbocycles. The minimum Gasteiger partial charge on any atom is -0.490 e. The first kappa shape index (κ1) is 24.7. The summed E-state index contributed by atoms with van der Waals surface area (Å²) in [6.07, 6.45) is 1.57. The third-order valence-corrected chi connectivity index (χ3v) is 6.45. The monoisotopic (exact) mass is 484 g/mol. The summed E-state index contributed by atoms with van der Waals surface area (Å²) in [6.45, 7) is 9.23. The molecule has 0 unspecified atom stereocenters. The van der Waals surface area contributed by atoms with E-state index in [0.717, 1.165) is 20.7 Å². The lowest BCUT2D eigenvalue weighted by atomic mass is 9.87. The summed E-state index contributed by atoms with van der Waals surface area (Å²) in [7, 11) is 0. The predicted octanol–water partition coefficient (Wildman–Crippen LogP) is 4.84. The number of hydrogen-bond acceptors (Lipinski definition) is 8. The van der Waals surface area contributed by atoms with Gasteiger partial charge in [-0.05, 0) is 42.2 Å². The predicted molar refractivity (Wildman–Crippen MR) is 134 cm³/mol. The first-order valence-corrected chi connectivity index (χ1v) is 12.3. The van der Waals surface area contributed by atoms with Gasteiger partial charge in [-0.2, -0.15) is 5.10 Å². The molecule has 1 amide bonds. The number of para-hydroxylation sites is 1. The molecule has 174 valence electrons. The van der Waals surface area contributed by atoms with Gasteiger partial charge in [0.25, 0.3) is 5.91 Å². The Kier molecular flexibility index (Phi) is 8.85. The van der Waals surface area contributed by atoms with E-state index < -0.39 is 0 Å². The summed E-state index contributed by atoms with van der Waals surface area (Å²) in [5.41, 5.74) is 4.67. The molecule has 0 saturated carbocycles. The molecule has 9 heteroatoms. The summed E-state index contributed by atoms with van der Waals surface area (Å²) in [4.78, 5) is 12.0. The largest absolute Gasteiger partial charge is 0.490 e. The zero-order valence-corrected chi connectivity index (χ0v) is 20.8. The fourth-order valence-electron chi connectivity index (χ4n) is 2.75. The zero-order valence-electron chi connectivity index (χ0n) is 19.2. The molecule has 3 rings (SSSR count). The number of hydrogen-bond donors (Lipinski definition) is 1. The summed E-state index contributed by atoms with van der Waals surface area (Å²) in [5, 5.41) is 12.8. The van der Waals surface area contributed by atoms with Crippen LogP contribution in [0.5, 0.6) is 11.5 Å². The molecule has 0 saturated heterocycles. The van der Waals surface area contributed by atoms with E-state index in [-0.39, 0.29) is 17.1 Å². The van der Waals surface area contributed by atoms with Gasteiger partial charge in [-0.3, -0.25) is 4.79 Å². The van der Waals surface area contributed by atoms with Crippen molar-refractivity contribution in [3.8, 4) is 11.5 Å². The SMILES string of the molecule is Cc1nnc(SCC(=O)N/N=C/c2ccccc2OCCOc2ccc(C(C)(C)C)cc2)s1. The number of nitrogens with zero attached hydrogens (tertiary/aromatic N) is 3. The van der Waals surface area contributed by atoms with Gasteiger partial charge in [-0.25, -0.2) is 5.43 Å². The second-order valence-corrected chi connectivity index (χ2v) is 10.6. The Hall–Kier alpha value is -2.91. The average molecular weight is 485 g/mol.